The fourth-order valence-electron chi connectivity index (χ4n) is 1.38. The topological polar surface area (TPSA) is 57.7 Å². The van der Waals surface area contributed by atoms with Crippen LogP contribution in [0.3, 0.4) is 0 Å². The molecule has 1 heterocycles. The van der Waals surface area contributed by atoms with Crippen LogP contribution in [0.4, 0.5) is 26.3 Å². The van der Waals surface area contributed by atoms with Crippen molar-refractivity contribution in [2.24, 2.45) is 0 Å². The third-order valence-corrected chi connectivity index (χ3v) is 2.16. The lowest BCUT2D eigenvalue weighted by Gasteiger charge is -2.16. The Labute approximate surface area is 119 Å². The van der Waals surface area contributed by atoms with E-state index < -0.39 is 41.4 Å². The van der Waals surface area contributed by atoms with Gasteiger partial charge in [-0.1, -0.05) is 0 Å². The number of hydrogen-bond donors (Lipinski definition) is 0. The smallest absolute Gasteiger partial charge is 0.491 e. The molecule has 0 unspecified atom stereocenters. The Hall–Kier alpha value is -2.20. The van der Waals surface area contributed by atoms with Gasteiger partial charge >= 0.3 is 18.5 Å². The molecule has 0 radical (unpaired) electrons. The van der Waals surface area contributed by atoms with Crippen LogP contribution >= 0.6 is 0 Å². The Balaban J connectivity index is 3.49. The summed E-state index contributed by atoms with van der Waals surface area (Å²) in [7, 11) is 0.824. The van der Waals surface area contributed by atoms with Crippen molar-refractivity contribution in [3.05, 3.63) is 17.3 Å². The number of alkyl halides is 6. The molecule has 0 fully saturated rings. The molecule has 0 saturated carbocycles. The number of methoxy groups -OCH3 is 1. The Morgan fingerprint density at radius 1 is 1.23 bits per heavy atom. The lowest BCUT2D eigenvalue weighted by atomic mass is 10.1. The van der Waals surface area contributed by atoms with E-state index in [-0.39, 0.29) is 12.7 Å². The molecule has 0 aliphatic rings. The van der Waals surface area contributed by atoms with E-state index in [1.54, 1.807) is 0 Å². The highest BCUT2D eigenvalue weighted by Crippen LogP contribution is 2.38. The Morgan fingerprint density at radius 3 is 2.23 bits per heavy atom. The zero-order chi connectivity index (χ0) is 17.1. The number of pyridine rings is 1. The maximum absolute atomic E-state index is 12.9. The monoisotopic (exact) mass is 333 g/mol. The molecular formula is C11H9F6NO4. The highest BCUT2D eigenvalue weighted by atomic mass is 19.4. The van der Waals surface area contributed by atoms with Gasteiger partial charge in [0, 0.05) is 6.07 Å². The molecule has 0 aromatic carbocycles. The largest absolute Gasteiger partial charge is 0.574 e. The second kappa shape index (κ2) is 6.28. The molecule has 1 aromatic heterocycles. The summed E-state index contributed by atoms with van der Waals surface area (Å²) in [5.41, 5.74) is -2.95. The lowest BCUT2D eigenvalue weighted by molar-refractivity contribution is -0.276. The Kier molecular flexibility index (Phi) is 5.09. The van der Waals surface area contributed by atoms with Crippen molar-refractivity contribution in [2.45, 2.75) is 19.5 Å². The van der Waals surface area contributed by atoms with Crippen molar-refractivity contribution in [3.8, 4) is 11.6 Å². The van der Waals surface area contributed by atoms with Crippen molar-refractivity contribution in [2.75, 3.05) is 13.7 Å². The third kappa shape index (κ3) is 4.40. The zero-order valence-corrected chi connectivity index (χ0v) is 11.1. The number of carbonyl (C=O) groups excluding carboxylic acids is 1. The molecule has 124 valence electrons. The van der Waals surface area contributed by atoms with E-state index in [4.69, 9.17) is 0 Å². The van der Waals surface area contributed by atoms with Crippen LogP contribution in [0.2, 0.25) is 0 Å². The van der Waals surface area contributed by atoms with Crippen molar-refractivity contribution >= 4 is 5.97 Å². The van der Waals surface area contributed by atoms with Gasteiger partial charge in [-0.05, 0) is 6.92 Å². The molecule has 0 spiro atoms. The van der Waals surface area contributed by atoms with Crippen molar-refractivity contribution in [1.29, 1.82) is 0 Å². The molecule has 0 bridgehead atoms. The molecule has 0 aliphatic carbocycles. The summed E-state index contributed by atoms with van der Waals surface area (Å²) >= 11 is 0. The van der Waals surface area contributed by atoms with Gasteiger partial charge in [0.25, 0.3) is 5.88 Å². The molecule has 0 N–H and O–H groups in total. The standard InChI is InChI=1S/C11H9F6NO4/c1-3-21-9(19)7-5(10(12,13)14)4-6(20-2)8(18-7)22-11(15,16)17/h4H,3H2,1-2H3. The summed E-state index contributed by atoms with van der Waals surface area (Å²) in [5.74, 6) is -3.80. The summed E-state index contributed by atoms with van der Waals surface area (Å²) < 4.78 is 87.4. The molecule has 0 amide bonds. The van der Waals surface area contributed by atoms with Gasteiger partial charge in [0.15, 0.2) is 11.4 Å². The van der Waals surface area contributed by atoms with Crippen LogP contribution in [0.25, 0.3) is 0 Å². The van der Waals surface area contributed by atoms with Gasteiger partial charge in [-0.2, -0.15) is 13.2 Å². The maximum Gasteiger partial charge on any atom is 0.574 e. The molecule has 0 aliphatic heterocycles. The Bertz CT molecular complexity index is 555. The average molecular weight is 333 g/mol. The minimum Gasteiger partial charge on any atom is -0.491 e. The van der Waals surface area contributed by atoms with E-state index in [0.29, 0.717) is 0 Å². The number of halogens is 6. The second-order valence-corrected chi connectivity index (χ2v) is 3.66. The van der Waals surface area contributed by atoms with Gasteiger partial charge in [0.2, 0.25) is 0 Å². The minimum atomic E-state index is -5.23. The number of nitrogens with zero attached hydrogens (tertiary/aromatic N) is 1. The first-order valence-electron chi connectivity index (χ1n) is 5.58. The van der Waals surface area contributed by atoms with Crippen LogP contribution in [0, 0.1) is 0 Å². The van der Waals surface area contributed by atoms with E-state index in [2.05, 4.69) is 19.2 Å². The van der Waals surface area contributed by atoms with E-state index in [9.17, 15) is 31.1 Å². The van der Waals surface area contributed by atoms with Gasteiger partial charge in [-0.25, -0.2) is 9.78 Å². The minimum absolute atomic E-state index is 0.181. The van der Waals surface area contributed by atoms with Gasteiger partial charge in [0.1, 0.15) is 0 Å². The summed E-state index contributed by atoms with van der Waals surface area (Å²) in [6.45, 7) is 1.01. The highest BCUT2D eigenvalue weighted by molar-refractivity contribution is 5.89. The van der Waals surface area contributed by atoms with Gasteiger partial charge < -0.3 is 14.2 Å². The van der Waals surface area contributed by atoms with E-state index in [0.717, 1.165) is 7.11 Å². The number of aromatic nitrogens is 1. The third-order valence-electron chi connectivity index (χ3n) is 2.16. The molecule has 0 saturated heterocycles. The zero-order valence-electron chi connectivity index (χ0n) is 11.1. The second-order valence-electron chi connectivity index (χ2n) is 3.66. The van der Waals surface area contributed by atoms with Crippen LogP contribution in [0.15, 0.2) is 6.07 Å². The average Bonchev–Trinajstić information content (AvgIpc) is 2.35. The van der Waals surface area contributed by atoms with Crippen molar-refractivity contribution < 1.29 is 45.3 Å². The molecular weight excluding hydrogens is 324 g/mol. The van der Waals surface area contributed by atoms with Gasteiger partial charge in [-0.15, -0.1) is 13.2 Å². The van der Waals surface area contributed by atoms with Crippen LogP contribution in [0.5, 0.6) is 11.6 Å². The number of rotatable bonds is 4. The molecule has 11 heteroatoms. The normalized spacial score (nSPS) is 12.0. The first-order valence-corrected chi connectivity index (χ1v) is 5.58. The maximum atomic E-state index is 12.9. The van der Waals surface area contributed by atoms with Gasteiger partial charge in [0.05, 0.1) is 19.3 Å². The molecule has 1 aromatic rings. The molecule has 0 atom stereocenters. The van der Waals surface area contributed by atoms with E-state index in [1.165, 1.54) is 6.92 Å². The number of ether oxygens (including phenoxy) is 3. The SMILES string of the molecule is CCOC(=O)c1nc(OC(F)(F)F)c(OC)cc1C(F)(F)F. The first-order chi connectivity index (χ1) is 9.99. The summed E-state index contributed by atoms with van der Waals surface area (Å²) in [6.07, 6.45) is -10.3. The van der Waals surface area contributed by atoms with E-state index in [1.807, 2.05) is 0 Å². The summed E-state index contributed by atoms with van der Waals surface area (Å²) in [4.78, 5) is 14.4. The number of esters is 1. The fourth-order valence-corrected chi connectivity index (χ4v) is 1.38. The van der Waals surface area contributed by atoms with E-state index >= 15 is 0 Å². The lowest BCUT2D eigenvalue weighted by Crippen LogP contribution is -2.22. The number of carbonyl (C=O) groups is 1. The quantitative estimate of drug-likeness (QED) is 0.626. The van der Waals surface area contributed by atoms with Crippen molar-refractivity contribution in [3.63, 3.8) is 0 Å². The molecule has 22 heavy (non-hydrogen) atoms. The number of hydrogen-bond acceptors (Lipinski definition) is 5. The van der Waals surface area contributed by atoms with Gasteiger partial charge in [-0.3, -0.25) is 0 Å². The van der Waals surface area contributed by atoms with Crippen LogP contribution in [0.1, 0.15) is 23.0 Å². The fraction of sp³-hybridized carbons (Fsp3) is 0.455. The summed E-state index contributed by atoms with van der Waals surface area (Å²) in [5, 5.41) is 0. The molecule has 5 nitrogen and oxygen atoms in total. The van der Waals surface area contributed by atoms with Crippen LogP contribution < -0.4 is 9.47 Å². The van der Waals surface area contributed by atoms with Crippen LogP contribution in [-0.4, -0.2) is 31.0 Å². The Morgan fingerprint density at radius 2 is 1.82 bits per heavy atom. The highest BCUT2D eigenvalue weighted by Gasteiger charge is 2.40. The predicted octanol–water partition coefficient (Wildman–Crippen LogP) is 3.18. The first kappa shape index (κ1) is 17.9. The van der Waals surface area contributed by atoms with Crippen LogP contribution in [-0.2, 0) is 10.9 Å². The summed E-state index contributed by atoms with van der Waals surface area (Å²) in [6, 6.07) is 0.181. The predicted molar refractivity (Wildman–Crippen MR) is 58.4 cm³/mol. The van der Waals surface area contributed by atoms with Crippen molar-refractivity contribution in [1.82, 2.24) is 4.98 Å². The molecule has 1 rings (SSSR count).